The second-order valence-electron chi connectivity index (χ2n) is 5.02. The van der Waals surface area contributed by atoms with Crippen molar-refractivity contribution < 1.29 is 4.79 Å². The third kappa shape index (κ3) is 3.15. The number of benzene rings is 1. The highest BCUT2D eigenvalue weighted by Gasteiger charge is 2.22. The van der Waals surface area contributed by atoms with E-state index < -0.39 is 0 Å². The summed E-state index contributed by atoms with van der Waals surface area (Å²) >= 11 is 19.8. The van der Waals surface area contributed by atoms with Crippen molar-refractivity contribution in [1.82, 2.24) is 10.6 Å². The van der Waals surface area contributed by atoms with Gasteiger partial charge in [0.05, 0.1) is 10.0 Å². The van der Waals surface area contributed by atoms with Gasteiger partial charge in [0.25, 0.3) is 5.91 Å². The zero-order valence-corrected chi connectivity index (χ0v) is 14.1. The Labute approximate surface area is 141 Å². The SMILES string of the molecule is O=C(N[C@H]1CCCNC1)c1sc2cc(Cl)cc(Cl)c2c1Cl. The van der Waals surface area contributed by atoms with Gasteiger partial charge in [0.15, 0.2) is 0 Å². The maximum absolute atomic E-state index is 12.4. The van der Waals surface area contributed by atoms with Gasteiger partial charge in [-0.15, -0.1) is 11.3 Å². The Kier molecular flexibility index (Phi) is 4.62. The summed E-state index contributed by atoms with van der Waals surface area (Å²) < 4.78 is 0.824. The quantitative estimate of drug-likeness (QED) is 0.833. The molecule has 0 saturated carbocycles. The molecule has 21 heavy (non-hydrogen) atoms. The summed E-state index contributed by atoms with van der Waals surface area (Å²) in [4.78, 5) is 12.9. The van der Waals surface area contributed by atoms with Crippen molar-refractivity contribution in [3.63, 3.8) is 0 Å². The molecule has 1 atom stereocenters. The fourth-order valence-corrected chi connectivity index (χ4v) is 4.77. The van der Waals surface area contributed by atoms with Crippen LogP contribution in [-0.2, 0) is 0 Å². The van der Waals surface area contributed by atoms with Crippen molar-refractivity contribution in [1.29, 1.82) is 0 Å². The monoisotopic (exact) mass is 362 g/mol. The third-order valence-corrected chi connectivity index (χ3v) is 5.63. The summed E-state index contributed by atoms with van der Waals surface area (Å²) in [5.41, 5.74) is 0. The normalized spacial score (nSPS) is 18.9. The molecule has 0 bridgehead atoms. The van der Waals surface area contributed by atoms with E-state index in [1.807, 2.05) is 0 Å². The molecule has 1 amide bonds. The summed E-state index contributed by atoms with van der Waals surface area (Å²) in [5, 5.41) is 8.39. The second kappa shape index (κ2) is 6.31. The van der Waals surface area contributed by atoms with Gasteiger partial charge < -0.3 is 10.6 Å². The Morgan fingerprint density at radius 2 is 2.14 bits per heavy atom. The minimum atomic E-state index is -0.151. The number of halogens is 3. The highest BCUT2D eigenvalue weighted by atomic mass is 35.5. The van der Waals surface area contributed by atoms with Gasteiger partial charge in [0.2, 0.25) is 0 Å². The van der Waals surface area contributed by atoms with E-state index in [0.717, 1.165) is 30.6 Å². The molecule has 1 aliphatic heterocycles. The smallest absolute Gasteiger partial charge is 0.263 e. The molecule has 1 aromatic carbocycles. The second-order valence-corrected chi connectivity index (χ2v) is 7.30. The lowest BCUT2D eigenvalue weighted by atomic mass is 10.1. The number of carbonyl (C=O) groups is 1. The molecule has 0 radical (unpaired) electrons. The summed E-state index contributed by atoms with van der Waals surface area (Å²) in [5.74, 6) is -0.151. The Bertz CT molecular complexity index is 695. The van der Waals surface area contributed by atoms with E-state index in [1.165, 1.54) is 11.3 Å². The molecule has 2 N–H and O–H groups in total. The summed E-state index contributed by atoms with van der Waals surface area (Å²) in [6, 6.07) is 3.56. The predicted molar refractivity (Wildman–Crippen MR) is 90.2 cm³/mol. The molecule has 1 saturated heterocycles. The molecule has 2 heterocycles. The van der Waals surface area contributed by atoms with E-state index in [0.29, 0.717) is 25.3 Å². The minimum absolute atomic E-state index is 0.145. The number of hydrogen-bond donors (Lipinski definition) is 2. The molecule has 2 aromatic rings. The number of amides is 1. The zero-order chi connectivity index (χ0) is 15.0. The van der Waals surface area contributed by atoms with Crippen molar-refractivity contribution in [2.24, 2.45) is 0 Å². The lowest BCUT2D eigenvalue weighted by Crippen LogP contribution is -2.45. The van der Waals surface area contributed by atoms with E-state index in [9.17, 15) is 4.79 Å². The molecular weight excluding hydrogens is 351 g/mol. The average molecular weight is 364 g/mol. The molecule has 1 aromatic heterocycles. The van der Waals surface area contributed by atoms with Crippen molar-refractivity contribution in [3.8, 4) is 0 Å². The van der Waals surface area contributed by atoms with Crippen molar-refractivity contribution >= 4 is 62.1 Å². The van der Waals surface area contributed by atoms with Gasteiger partial charge in [0.1, 0.15) is 4.88 Å². The summed E-state index contributed by atoms with van der Waals surface area (Å²) in [6.45, 7) is 1.80. The van der Waals surface area contributed by atoms with Crippen LogP contribution < -0.4 is 10.6 Å². The molecule has 1 fully saturated rings. The van der Waals surface area contributed by atoms with Crippen LogP contribution in [0.15, 0.2) is 12.1 Å². The number of carbonyl (C=O) groups excluding carboxylic acids is 1. The van der Waals surface area contributed by atoms with Gasteiger partial charge in [-0.3, -0.25) is 4.79 Å². The van der Waals surface area contributed by atoms with Crippen molar-refractivity contribution in [3.05, 3.63) is 32.1 Å². The molecule has 0 aliphatic carbocycles. The highest BCUT2D eigenvalue weighted by Crippen LogP contribution is 2.41. The highest BCUT2D eigenvalue weighted by molar-refractivity contribution is 7.21. The molecule has 0 unspecified atom stereocenters. The number of hydrogen-bond acceptors (Lipinski definition) is 3. The van der Waals surface area contributed by atoms with Crippen LogP contribution in [0, 0.1) is 0 Å². The lowest BCUT2D eigenvalue weighted by molar-refractivity contribution is 0.0935. The minimum Gasteiger partial charge on any atom is -0.347 e. The van der Waals surface area contributed by atoms with Crippen LogP contribution >= 0.6 is 46.1 Å². The average Bonchev–Trinajstić information content (AvgIpc) is 2.77. The van der Waals surface area contributed by atoms with Gasteiger partial charge in [-0.1, -0.05) is 34.8 Å². The predicted octanol–water partition coefficient (Wildman–Crippen LogP) is 4.34. The van der Waals surface area contributed by atoms with E-state index in [1.54, 1.807) is 12.1 Å². The fourth-order valence-electron chi connectivity index (χ4n) is 2.48. The standard InChI is InChI=1S/C14H13Cl3N2OS/c15-7-4-9(16)11-10(5-7)21-13(12(11)17)14(20)19-8-2-1-3-18-6-8/h4-5,8,18H,1-3,6H2,(H,19,20)/t8-/m0/s1. The molecule has 3 nitrogen and oxygen atoms in total. The molecule has 3 rings (SSSR count). The Balaban J connectivity index is 1.91. The van der Waals surface area contributed by atoms with Crippen LogP contribution in [-0.4, -0.2) is 25.0 Å². The summed E-state index contributed by atoms with van der Waals surface area (Å²) in [6.07, 6.45) is 2.04. The van der Waals surface area contributed by atoms with Crippen LogP contribution in [0.2, 0.25) is 15.1 Å². The number of fused-ring (bicyclic) bond motifs is 1. The first-order valence-electron chi connectivity index (χ1n) is 6.65. The first kappa shape index (κ1) is 15.4. The van der Waals surface area contributed by atoms with Crippen LogP contribution in [0.25, 0.3) is 10.1 Å². The van der Waals surface area contributed by atoms with E-state index >= 15 is 0 Å². The van der Waals surface area contributed by atoms with Gasteiger partial charge in [-0.25, -0.2) is 0 Å². The van der Waals surface area contributed by atoms with Crippen LogP contribution in [0.3, 0.4) is 0 Å². The topological polar surface area (TPSA) is 41.1 Å². The van der Waals surface area contributed by atoms with Crippen molar-refractivity contribution in [2.45, 2.75) is 18.9 Å². The first-order chi connectivity index (χ1) is 10.1. The van der Waals surface area contributed by atoms with Gasteiger partial charge in [-0.2, -0.15) is 0 Å². The number of rotatable bonds is 2. The molecular formula is C14H13Cl3N2OS. The molecule has 112 valence electrons. The lowest BCUT2D eigenvalue weighted by Gasteiger charge is -2.23. The Morgan fingerprint density at radius 1 is 1.33 bits per heavy atom. The Morgan fingerprint density at radius 3 is 2.86 bits per heavy atom. The first-order valence-corrected chi connectivity index (χ1v) is 8.60. The maximum atomic E-state index is 12.4. The molecule has 0 spiro atoms. The molecule has 7 heteroatoms. The van der Waals surface area contributed by atoms with Crippen LogP contribution in [0.1, 0.15) is 22.5 Å². The fraction of sp³-hybridized carbons (Fsp3) is 0.357. The van der Waals surface area contributed by atoms with Gasteiger partial charge >= 0.3 is 0 Å². The number of thiophene rings is 1. The van der Waals surface area contributed by atoms with Gasteiger partial charge in [-0.05, 0) is 31.5 Å². The summed E-state index contributed by atoms with van der Waals surface area (Å²) in [7, 11) is 0. The Hall–Kier alpha value is -0.520. The van der Waals surface area contributed by atoms with Gasteiger partial charge in [0, 0.05) is 27.7 Å². The van der Waals surface area contributed by atoms with E-state index in [4.69, 9.17) is 34.8 Å². The van der Waals surface area contributed by atoms with Crippen LogP contribution in [0.4, 0.5) is 0 Å². The number of nitrogens with one attached hydrogen (secondary N) is 2. The maximum Gasteiger partial charge on any atom is 0.263 e. The van der Waals surface area contributed by atoms with E-state index in [2.05, 4.69) is 10.6 Å². The largest absolute Gasteiger partial charge is 0.347 e. The zero-order valence-electron chi connectivity index (χ0n) is 11.0. The molecule has 1 aliphatic rings. The van der Waals surface area contributed by atoms with Crippen LogP contribution in [0.5, 0.6) is 0 Å². The van der Waals surface area contributed by atoms with E-state index in [-0.39, 0.29) is 11.9 Å². The third-order valence-electron chi connectivity index (χ3n) is 3.49. The van der Waals surface area contributed by atoms with Crippen molar-refractivity contribution in [2.75, 3.05) is 13.1 Å². The number of piperidine rings is 1.